The first-order chi connectivity index (χ1) is 18.4. The Morgan fingerprint density at radius 2 is 1.84 bits per heavy atom. The van der Waals surface area contributed by atoms with Gasteiger partial charge in [-0.3, -0.25) is 14.5 Å². The van der Waals surface area contributed by atoms with E-state index in [1.807, 2.05) is 67.7 Å². The molecule has 38 heavy (non-hydrogen) atoms. The van der Waals surface area contributed by atoms with Crippen LogP contribution in [0.3, 0.4) is 0 Å². The number of hydrogen-bond donors (Lipinski definition) is 0. The van der Waals surface area contributed by atoms with Crippen molar-refractivity contribution < 1.29 is 18.7 Å². The Morgan fingerprint density at radius 1 is 1.05 bits per heavy atom. The number of nitriles is 1. The lowest BCUT2D eigenvalue weighted by atomic mass is 9.93. The van der Waals surface area contributed by atoms with Crippen molar-refractivity contribution in [3.05, 3.63) is 107 Å². The number of nitrogens with zero attached hydrogens (tertiary/aromatic N) is 4. The number of carbonyl (C=O) groups excluding carboxylic acids is 2. The average molecular weight is 505 g/mol. The molecule has 188 valence electrons. The summed E-state index contributed by atoms with van der Waals surface area (Å²) in [5, 5.41) is 14.6. The van der Waals surface area contributed by atoms with Crippen LogP contribution in [0.25, 0.3) is 23.0 Å². The van der Waals surface area contributed by atoms with Crippen molar-refractivity contribution in [1.82, 2.24) is 14.7 Å². The predicted octanol–water partition coefficient (Wildman–Crippen LogP) is 5.24. The van der Waals surface area contributed by atoms with Crippen LogP contribution in [-0.4, -0.2) is 33.6 Å². The Kier molecular flexibility index (Phi) is 6.50. The third-order valence-corrected chi connectivity index (χ3v) is 6.45. The number of furan rings is 1. The van der Waals surface area contributed by atoms with E-state index in [1.54, 1.807) is 36.9 Å². The normalized spacial score (nSPS) is 14.8. The number of carbonyl (C=O) groups is 2. The van der Waals surface area contributed by atoms with Crippen LogP contribution in [-0.2, 0) is 16.1 Å². The van der Waals surface area contributed by atoms with Gasteiger partial charge in [-0.2, -0.15) is 10.4 Å². The van der Waals surface area contributed by atoms with Gasteiger partial charge in [-0.1, -0.05) is 18.2 Å². The zero-order valence-electron chi connectivity index (χ0n) is 21.1. The summed E-state index contributed by atoms with van der Waals surface area (Å²) in [6.07, 6.45) is 4.99. The summed E-state index contributed by atoms with van der Waals surface area (Å²) in [6, 6.07) is 20.7. The van der Waals surface area contributed by atoms with Gasteiger partial charge in [0.15, 0.2) is 0 Å². The first-order valence-electron chi connectivity index (χ1n) is 11.9. The first-order valence-corrected chi connectivity index (χ1v) is 11.9. The standard InChI is InChI=1S/C30H24N4O4/c1-19-14-21(11-12-27(19)37-3)28-22(17-34(32-28)23-8-5-4-6-9-23)15-25-20(2)26(16-31)30(36)33(29(25)35)18-24-10-7-13-38-24/h4-15,17H,18H2,1-3H3/b25-15+. The van der Waals surface area contributed by atoms with E-state index in [2.05, 4.69) is 0 Å². The van der Waals surface area contributed by atoms with Crippen LogP contribution in [0.4, 0.5) is 0 Å². The molecule has 0 N–H and O–H groups in total. The fourth-order valence-corrected chi connectivity index (χ4v) is 4.44. The zero-order valence-corrected chi connectivity index (χ0v) is 21.1. The van der Waals surface area contributed by atoms with Crippen LogP contribution in [0.1, 0.15) is 23.8 Å². The summed E-state index contributed by atoms with van der Waals surface area (Å²) in [5.74, 6) is 0.0408. The van der Waals surface area contributed by atoms with Gasteiger partial charge < -0.3 is 9.15 Å². The predicted molar refractivity (Wildman–Crippen MR) is 141 cm³/mol. The lowest BCUT2D eigenvalue weighted by Crippen LogP contribution is -2.42. The number of methoxy groups -OCH3 is 1. The highest BCUT2D eigenvalue weighted by Crippen LogP contribution is 2.33. The summed E-state index contributed by atoms with van der Waals surface area (Å²) in [5.41, 5.74) is 4.39. The largest absolute Gasteiger partial charge is 0.496 e. The lowest BCUT2D eigenvalue weighted by molar-refractivity contribution is -0.141. The molecule has 1 aliphatic heterocycles. The molecule has 4 aromatic rings. The van der Waals surface area contributed by atoms with Crippen molar-refractivity contribution in [2.45, 2.75) is 20.4 Å². The molecule has 0 spiro atoms. The molecule has 2 amide bonds. The molecular weight excluding hydrogens is 480 g/mol. The van der Waals surface area contributed by atoms with Crippen LogP contribution in [0, 0.1) is 18.3 Å². The highest BCUT2D eigenvalue weighted by atomic mass is 16.5. The van der Waals surface area contributed by atoms with Gasteiger partial charge in [0.05, 0.1) is 31.3 Å². The van der Waals surface area contributed by atoms with Crippen molar-refractivity contribution >= 4 is 17.9 Å². The van der Waals surface area contributed by atoms with Crippen molar-refractivity contribution in [3.8, 4) is 28.8 Å². The fourth-order valence-electron chi connectivity index (χ4n) is 4.44. The average Bonchev–Trinajstić information content (AvgIpc) is 3.60. The molecule has 0 unspecified atom stereocenters. The van der Waals surface area contributed by atoms with Gasteiger partial charge in [-0.05, 0) is 73.5 Å². The van der Waals surface area contributed by atoms with E-state index >= 15 is 0 Å². The van der Waals surface area contributed by atoms with Gasteiger partial charge in [0, 0.05) is 22.9 Å². The molecule has 0 fully saturated rings. The van der Waals surface area contributed by atoms with Crippen LogP contribution in [0.5, 0.6) is 5.75 Å². The van der Waals surface area contributed by atoms with Crippen molar-refractivity contribution in [1.29, 1.82) is 5.26 Å². The third kappa shape index (κ3) is 4.42. The van der Waals surface area contributed by atoms with E-state index < -0.39 is 11.8 Å². The Bertz CT molecular complexity index is 1640. The molecule has 8 nitrogen and oxygen atoms in total. The highest BCUT2D eigenvalue weighted by Gasteiger charge is 2.36. The Morgan fingerprint density at radius 3 is 2.50 bits per heavy atom. The van der Waals surface area contributed by atoms with E-state index in [1.165, 1.54) is 6.26 Å². The molecule has 0 atom stereocenters. The van der Waals surface area contributed by atoms with Crippen LogP contribution in [0.2, 0.25) is 0 Å². The molecular formula is C30H24N4O4. The number of rotatable bonds is 6. The summed E-state index contributed by atoms with van der Waals surface area (Å²) < 4.78 is 12.5. The molecule has 0 bridgehead atoms. The van der Waals surface area contributed by atoms with E-state index in [9.17, 15) is 14.9 Å². The maximum absolute atomic E-state index is 13.6. The number of aryl methyl sites for hydroxylation is 1. The van der Waals surface area contributed by atoms with Crippen LogP contribution in [0.15, 0.2) is 94.3 Å². The van der Waals surface area contributed by atoms with E-state index in [-0.39, 0.29) is 17.7 Å². The van der Waals surface area contributed by atoms with E-state index in [0.29, 0.717) is 22.6 Å². The quantitative estimate of drug-likeness (QED) is 0.263. The van der Waals surface area contributed by atoms with E-state index in [0.717, 1.165) is 27.5 Å². The molecule has 3 heterocycles. The smallest absolute Gasteiger partial charge is 0.272 e. The number of ether oxygens (including phenoxy) is 1. The second-order valence-electron chi connectivity index (χ2n) is 8.84. The summed E-state index contributed by atoms with van der Waals surface area (Å²) in [4.78, 5) is 27.6. The first kappa shape index (κ1) is 24.5. The fraction of sp³-hybridized carbons (Fsp3) is 0.133. The lowest BCUT2D eigenvalue weighted by Gasteiger charge is -2.26. The molecule has 8 heteroatoms. The number of aromatic nitrogens is 2. The molecule has 2 aromatic heterocycles. The number of benzene rings is 2. The number of imide groups is 1. The van der Waals surface area contributed by atoms with Gasteiger partial charge in [0.2, 0.25) is 0 Å². The molecule has 2 aromatic carbocycles. The second kappa shape index (κ2) is 10.1. The summed E-state index contributed by atoms with van der Waals surface area (Å²) in [7, 11) is 1.62. The second-order valence-corrected chi connectivity index (χ2v) is 8.84. The molecule has 1 aliphatic rings. The third-order valence-electron chi connectivity index (χ3n) is 6.45. The van der Waals surface area contributed by atoms with Crippen molar-refractivity contribution in [2.24, 2.45) is 0 Å². The molecule has 0 aliphatic carbocycles. The zero-order chi connectivity index (χ0) is 26.8. The minimum atomic E-state index is -0.644. The highest BCUT2D eigenvalue weighted by molar-refractivity contribution is 6.19. The molecule has 0 radical (unpaired) electrons. The Hall–Kier alpha value is -5.16. The van der Waals surface area contributed by atoms with E-state index in [4.69, 9.17) is 14.3 Å². The van der Waals surface area contributed by atoms with Gasteiger partial charge in [-0.15, -0.1) is 0 Å². The summed E-state index contributed by atoms with van der Waals surface area (Å²) >= 11 is 0. The van der Waals surface area contributed by atoms with Gasteiger partial charge in [0.25, 0.3) is 11.8 Å². The van der Waals surface area contributed by atoms with Crippen LogP contribution < -0.4 is 4.74 Å². The SMILES string of the molecule is COc1ccc(-c2nn(-c3ccccc3)cc2/C=C2/C(=O)N(Cc3ccco3)C(=O)C(C#N)=C2C)cc1C. The van der Waals surface area contributed by atoms with Gasteiger partial charge in [0.1, 0.15) is 23.2 Å². The number of hydrogen-bond acceptors (Lipinski definition) is 6. The maximum Gasteiger partial charge on any atom is 0.272 e. The van der Waals surface area contributed by atoms with Crippen molar-refractivity contribution in [2.75, 3.05) is 7.11 Å². The molecule has 0 saturated heterocycles. The number of para-hydroxylation sites is 1. The Balaban J connectivity index is 1.67. The number of amides is 2. The minimum Gasteiger partial charge on any atom is -0.496 e. The minimum absolute atomic E-state index is 0.0751. The Labute approximate surface area is 219 Å². The van der Waals surface area contributed by atoms with Crippen molar-refractivity contribution in [3.63, 3.8) is 0 Å². The van der Waals surface area contributed by atoms with Crippen LogP contribution >= 0.6 is 0 Å². The molecule has 0 saturated carbocycles. The topological polar surface area (TPSA) is 101 Å². The monoisotopic (exact) mass is 504 g/mol. The van der Waals surface area contributed by atoms with Gasteiger partial charge >= 0.3 is 0 Å². The van der Waals surface area contributed by atoms with Gasteiger partial charge in [-0.25, -0.2) is 4.68 Å². The summed E-state index contributed by atoms with van der Waals surface area (Å²) in [6.45, 7) is 3.49. The molecule has 5 rings (SSSR count). The maximum atomic E-state index is 13.6.